The Morgan fingerprint density at radius 1 is 1.61 bits per heavy atom. The van der Waals surface area contributed by atoms with Crippen molar-refractivity contribution in [2.45, 2.75) is 19.4 Å². The molecule has 1 aliphatic rings. The molecule has 1 heterocycles. The van der Waals surface area contributed by atoms with E-state index in [-0.39, 0.29) is 18.3 Å². The molecule has 0 saturated carbocycles. The summed E-state index contributed by atoms with van der Waals surface area (Å²) in [5, 5.41) is 20.3. The summed E-state index contributed by atoms with van der Waals surface area (Å²) in [6.45, 7) is 2.61. The van der Waals surface area contributed by atoms with Crippen LogP contribution in [0.3, 0.4) is 0 Å². The number of nitrogens with zero attached hydrogens (tertiary/aromatic N) is 2. The van der Waals surface area contributed by atoms with E-state index in [0.29, 0.717) is 18.2 Å². The van der Waals surface area contributed by atoms with Crippen LogP contribution in [0.2, 0.25) is 0 Å². The average molecular weight is 254 g/mol. The van der Waals surface area contributed by atoms with Crippen LogP contribution in [-0.4, -0.2) is 29.2 Å². The Hall–Kier alpha value is -1.69. The molecule has 18 heavy (non-hydrogen) atoms. The van der Waals surface area contributed by atoms with Gasteiger partial charge in [-0.2, -0.15) is 0 Å². The number of halogens is 1. The molecule has 0 radical (unpaired) electrons. The van der Waals surface area contributed by atoms with Gasteiger partial charge in [0, 0.05) is 6.54 Å². The molecule has 1 N–H and O–H groups in total. The molecular formula is C12H15FN2O3. The van der Waals surface area contributed by atoms with Gasteiger partial charge in [0.25, 0.3) is 5.69 Å². The fraction of sp³-hybridized carbons (Fsp3) is 0.500. The number of hydrogen-bond acceptors (Lipinski definition) is 4. The van der Waals surface area contributed by atoms with Crippen molar-refractivity contribution in [2.75, 3.05) is 18.1 Å². The number of rotatable bonds is 3. The number of aliphatic hydroxyl groups is 1. The summed E-state index contributed by atoms with van der Waals surface area (Å²) in [6.07, 6.45) is 0.783. The van der Waals surface area contributed by atoms with Gasteiger partial charge >= 0.3 is 0 Å². The highest BCUT2D eigenvalue weighted by molar-refractivity contribution is 5.64. The largest absolute Gasteiger partial charge is 0.394 e. The minimum atomic E-state index is -0.627. The van der Waals surface area contributed by atoms with Gasteiger partial charge in [-0.3, -0.25) is 10.1 Å². The topological polar surface area (TPSA) is 66.6 Å². The maximum atomic E-state index is 13.1. The molecule has 5 nitrogen and oxygen atoms in total. The van der Waals surface area contributed by atoms with E-state index >= 15 is 0 Å². The summed E-state index contributed by atoms with van der Waals surface area (Å²) >= 11 is 0. The quantitative estimate of drug-likeness (QED) is 0.661. The summed E-state index contributed by atoms with van der Waals surface area (Å²) in [5.74, 6) is -0.273. The normalized spacial score (nSPS) is 23.4. The smallest absolute Gasteiger partial charge is 0.295 e. The fourth-order valence-electron chi connectivity index (χ4n) is 2.50. The summed E-state index contributed by atoms with van der Waals surface area (Å²) in [6, 6.07) is 3.41. The van der Waals surface area contributed by atoms with Crippen LogP contribution < -0.4 is 4.90 Å². The first-order valence-corrected chi connectivity index (χ1v) is 5.84. The first-order valence-electron chi connectivity index (χ1n) is 5.84. The van der Waals surface area contributed by atoms with E-state index in [2.05, 4.69) is 0 Å². The molecular weight excluding hydrogens is 239 g/mol. The average Bonchev–Trinajstić information content (AvgIpc) is 2.70. The highest BCUT2D eigenvalue weighted by Crippen LogP contribution is 2.35. The Bertz CT molecular complexity index is 467. The van der Waals surface area contributed by atoms with Crippen molar-refractivity contribution in [3.63, 3.8) is 0 Å². The molecule has 0 bridgehead atoms. The Morgan fingerprint density at radius 2 is 2.33 bits per heavy atom. The van der Waals surface area contributed by atoms with Crippen molar-refractivity contribution >= 4 is 11.4 Å². The lowest BCUT2D eigenvalue weighted by molar-refractivity contribution is -0.384. The van der Waals surface area contributed by atoms with Gasteiger partial charge in [-0.1, -0.05) is 6.92 Å². The lowest BCUT2D eigenvalue weighted by Crippen LogP contribution is -2.32. The van der Waals surface area contributed by atoms with Crippen LogP contribution in [0.4, 0.5) is 15.8 Å². The van der Waals surface area contributed by atoms with Crippen molar-refractivity contribution in [1.82, 2.24) is 0 Å². The van der Waals surface area contributed by atoms with Crippen LogP contribution >= 0.6 is 0 Å². The molecule has 1 aliphatic heterocycles. The second-order valence-corrected chi connectivity index (χ2v) is 4.72. The Labute approximate surface area is 104 Å². The third kappa shape index (κ3) is 2.28. The minimum absolute atomic E-state index is 0.0567. The van der Waals surface area contributed by atoms with Gasteiger partial charge in [0.05, 0.1) is 23.6 Å². The van der Waals surface area contributed by atoms with E-state index in [1.807, 2.05) is 6.92 Å². The standard InChI is InChI=1S/C12H15FN2O3/c1-8-4-10(7-16)14(6-8)11-3-2-9(13)5-12(11)15(17)18/h2-3,5,8,10,16H,4,6-7H2,1H3/t8-,10-/m0/s1. The molecule has 0 aromatic heterocycles. The molecule has 98 valence electrons. The molecule has 1 saturated heterocycles. The van der Waals surface area contributed by atoms with E-state index in [4.69, 9.17) is 0 Å². The van der Waals surface area contributed by atoms with Gasteiger partial charge in [-0.25, -0.2) is 4.39 Å². The molecule has 0 aliphatic carbocycles. The first kappa shape index (κ1) is 12.8. The SMILES string of the molecule is C[C@H]1C[C@@H](CO)N(c2ccc(F)cc2[N+](=O)[O-])C1. The predicted octanol–water partition coefficient (Wildman–Crippen LogP) is 1.94. The molecule has 2 rings (SSSR count). The summed E-state index contributed by atoms with van der Waals surface area (Å²) in [5.41, 5.74) is 0.132. The maximum absolute atomic E-state index is 13.1. The van der Waals surface area contributed by atoms with Gasteiger partial charge in [0.15, 0.2) is 0 Å². The van der Waals surface area contributed by atoms with Crippen LogP contribution in [0, 0.1) is 21.8 Å². The van der Waals surface area contributed by atoms with E-state index in [9.17, 15) is 19.6 Å². The number of anilines is 1. The van der Waals surface area contributed by atoms with Crippen LogP contribution in [0.5, 0.6) is 0 Å². The molecule has 0 spiro atoms. The number of nitro groups is 1. The molecule has 1 fully saturated rings. The zero-order valence-corrected chi connectivity index (χ0v) is 10.0. The highest BCUT2D eigenvalue weighted by Gasteiger charge is 2.33. The summed E-state index contributed by atoms with van der Waals surface area (Å²) in [4.78, 5) is 12.2. The van der Waals surface area contributed by atoms with E-state index in [1.54, 1.807) is 4.90 Å². The highest BCUT2D eigenvalue weighted by atomic mass is 19.1. The molecule has 6 heteroatoms. The van der Waals surface area contributed by atoms with Crippen LogP contribution in [0.15, 0.2) is 18.2 Å². The van der Waals surface area contributed by atoms with E-state index in [0.717, 1.165) is 12.5 Å². The van der Waals surface area contributed by atoms with Crippen molar-refractivity contribution < 1.29 is 14.4 Å². The second-order valence-electron chi connectivity index (χ2n) is 4.72. The molecule has 0 unspecified atom stereocenters. The Morgan fingerprint density at radius 3 is 2.94 bits per heavy atom. The first-order chi connectivity index (χ1) is 8.52. The van der Waals surface area contributed by atoms with Crippen LogP contribution in [0.1, 0.15) is 13.3 Å². The predicted molar refractivity (Wildman–Crippen MR) is 65.1 cm³/mol. The van der Waals surface area contributed by atoms with E-state index in [1.165, 1.54) is 12.1 Å². The van der Waals surface area contributed by atoms with Crippen molar-refractivity contribution in [1.29, 1.82) is 0 Å². The molecule has 0 amide bonds. The van der Waals surface area contributed by atoms with Crippen molar-refractivity contribution in [2.24, 2.45) is 5.92 Å². The summed E-state index contributed by atoms with van der Waals surface area (Å²) in [7, 11) is 0. The summed E-state index contributed by atoms with van der Waals surface area (Å²) < 4.78 is 13.1. The third-order valence-electron chi connectivity index (χ3n) is 3.28. The Balaban J connectivity index is 2.41. The van der Waals surface area contributed by atoms with E-state index < -0.39 is 10.7 Å². The number of aliphatic hydroxyl groups excluding tert-OH is 1. The minimum Gasteiger partial charge on any atom is -0.394 e. The molecule has 1 aromatic rings. The third-order valence-corrected chi connectivity index (χ3v) is 3.28. The fourth-order valence-corrected chi connectivity index (χ4v) is 2.50. The van der Waals surface area contributed by atoms with Crippen LogP contribution in [0.25, 0.3) is 0 Å². The lowest BCUT2D eigenvalue weighted by atomic mass is 10.1. The van der Waals surface area contributed by atoms with Crippen molar-refractivity contribution in [3.8, 4) is 0 Å². The molecule has 1 aromatic carbocycles. The number of hydrogen-bond donors (Lipinski definition) is 1. The maximum Gasteiger partial charge on any atom is 0.295 e. The molecule has 2 atom stereocenters. The van der Waals surface area contributed by atoms with Gasteiger partial charge in [0.1, 0.15) is 11.5 Å². The van der Waals surface area contributed by atoms with Crippen molar-refractivity contribution in [3.05, 3.63) is 34.1 Å². The zero-order chi connectivity index (χ0) is 13.3. The Kier molecular flexibility index (Phi) is 3.47. The van der Waals surface area contributed by atoms with Gasteiger partial charge < -0.3 is 10.0 Å². The number of nitro benzene ring substituents is 1. The van der Waals surface area contributed by atoms with Gasteiger partial charge in [-0.15, -0.1) is 0 Å². The van der Waals surface area contributed by atoms with Crippen LogP contribution in [-0.2, 0) is 0 Å². The zero-order valence-electron chi connectivity index (χ0n) is 10.0. The number of benzene rings is 1. The lowest BCUT2D eigenvalue weighted by Gasteiger charge is -2.24. The van der Waals surface area contributed by atoms with Gasteiger partial charge in [-0.05, 0) is 24.5 Å². The van der Waals surface area contributed by atoms with Gasteiger partial charge in [0.2, 0.25) is 0 Å². The monoisotopic (exact) mass is 254 g/mol. The second kappa shape index (κ2) is 4.89.